The third-order valence-corrected chi connectivity index (χ3v) is 2.94. The minimum atomic E-state index is -0.113. The number of nitrogens with one attached hydrogen (secondary N) is 1. The maximum atomic E-state index is 11.9. The van der Waals surface area contributed by atoms with Crippen molar-refractivity contribution >= 4 is 22.5 Å². The SMILES string of the molecule is CC[NH2+][C@H](C)c1nc2cc(Cl)ccc2c(=O)[nH]1. The first kappa shape index (κ1) is 12.1. The van der Waals surface area contributed by atoms with Crippen molar-refractivity contribution in [1.29, 1.82) is 0 Å². The summed E-state index contributed by atoms with van der Waals surface area (Å²) >= 11 is 5.90. The van der Waals surface area contributed by atoms with E-state index in [0.717, 1.165) is 6.54 Å². The van der Waals surface area contributed by atoms with Crippen LogP contribution < -0.4 is 10.9 Å². The minimum Gasteiger partial charge on any atom is -0.338 e. The maximum Gasteiger partial charge on any atom is 0.258 e. The molecule has 3 N–H and O–H groups in total. The zero-order valence-electron chi connectivity index (χ0n) is 9.83. The highest BCUT2D eigenvalue weighted by atomic mass is 35.5. The number of fused-ring (bicyclic) bond motifs is 1. The molecule has 0 amide bonds. The standard InChI is InChI=1S/C12H14ClN3O/c1-3-14-7(2)11-15-10-6-8(13)4-5-9(10)12(17)16-11/h4-7,14H,3H2,1-2H3,(H,15,16,17)/p+1/t7-/m1/s1. The Morgan fingerprint density at radius 2 is 2.29 bits per heavy atom. The smallest absolute Gasteiger partial charge is 0.258 e. The highest BCUT2D eigenvalue weighted by Gasteiger charge is 2.12. The minimum absolute atomic E-state index is 0.113. The number of nitrogens with zero attached hydrogens (tertiary/aromatic N) is 1. The van der Waals surface area contributed by atoms with Gasteiger partial charge in [-0.2, -0.15) is 0 Å². The van der Waals surface area contributed by atoms with E-state index >= 15 is 0 Å². The van der Waals surface area contributed by atoms with Crippen LogP contribution in [0.1, 0.15) is 25.7 Å². The van der Waals surface area contributed by atoms with E-state index in [4.69, 9.17) is 11.6 Å². The number of aromatic amines is 1. The fourth-order valence-electron chi connectivity index (χ4n) is 1.81. The number of hydrogen-bond acceptors (Lipinski definition) is 2. The molecule has 17 heavy (non-hydrogen) atoms. The first-order valence-corrected chi connectivity index (χ1v) is 6.02. The summed E-state index contributed by atoms with van der Waals surface area (Å²) in [6.07, 6.45) is 0. The molecular weight excluding hydrogens is 238 g/mol. The molecule has 1 aromatic carbocycles. The van der Waals surface area contributed by atoms with Crippen LogP contribution in [0.2, 0.25) is 5.02 Å². The second-order valence-corrected chi connectivity index (χ2v) is 4.48. The predicted molar refractivity (Wildman–Crippen MR) is 68.3 cm³/mol. The monoisotopic (exact) mass is 252 g/mol. The molecule has 0 unspecified atom stereocenters. The molecule has 0 radical (unpaired) electrons. The Kier molecular flexibility index (Phi) is 3.45. The molecule has 0 saturated carbocycles. The van der Waals surface area contributed by atoms with Gasteiger partial charge in [0, 0.05) is 5.02 Å². The fourth-order valence-corrected chi connectivity index (χ4v) is 1.98. The predicted octanol–water partition coefficient (Wildman–Crippen LogP) is 1.22. The molecule has 0 spiro atoms. The van der Waals surface area contributed by atoms with Gasteiger partial charge in [0.1, 0.15) is 6.04 Å². The van der Waals surface area contributed by atoms with Gasteiger partial charge in [0.25, 0.3) is 5.56 Å². The molecule has 4 nitrogen and oxygen atoms in total. The van der Waals surface area contributed by atoms with E-state index in [2.05, 4.69) is 22.2 Å². The number of nitrogens with two attached hydrogens (primary N) is 1. The van der Waals surface area contributed by atoms with Gasteiger partial charge in [0.15, 0.2) is 5.82 Å². The van der Waals surface area contributed by atoms with Gasteiger partial charge in [-0.3, -0.25) is 4.79 Å². The number of H-pyrrole nitrogens is 1. The van der Waals surface area contributed by atoms with E-state index in [0.29, 0.717) is 21.7 Å². The number of hydrogen-bond donors (Lipinski definition) is 2. The number of quaternary nitrogens is 1. The molecule has 0 aliphatic carbocycles. The Morgan fingerprint density at radius 3 is 3.00 bits per heavy atom. The van der Waals surface area contributed by atoms with E-state index in [1.54, 1.807) is 18.2 Å². The second-order valence-electron chi connectivity index (χ2n) is 4.05. The van der Waals surface area contributed by atoms with Gasteiger partial charge in [-0.25, -0.2) is 4.98 Å². The summed E-state index contributed by atoms with van der Waals surface area (Å²) in [6.45, 7) is 5.02. The van der Waals surface area contributed by atoms with E-state index in [9.17, 15) is 4.79 Å². The van der Waals surface area contributed by atoms with Crippen molar-refractivity contribution in [3.8, 4) is 0 Å². The lowest BCUT2D eigenvalue weighted by atomic mass is 10.2. The molecule has 1 aromatic heterocycles. The average Bonchev–Trinajstić information content (AvgIpc) is 2.28. The van der Waals surface area contributed by atoms with Crippen LogP contribution in [0.15, 0.2) is 23.0 Å². The van der Waals surface area contributed by atoms with Gasteiger partial charge >= 0.3 is 0 Å². The molecule has 1 atom stereocenters. The lowest BCUT2D eigenvalue weighted by Crippen LogP contribution is -2.84. The Balaban J connectivity index is 2.57. The van der Waals surface area contributed by atoms with E-state index < -0.39 is 0 Å². The normalized spacial score (nSPS) is 12.9. The van der Waals surface area contributed by atoms with Crippen molar-refractivity contribution in [2.45, 2.75) is 19.9 Å². The zero-order valence-corrected chi connectivity index (χ0v) is 10.6. The van der Waals surface area contributed by atoms with Crippen LogP contribution in [-0.2, 0) is 0 Å². The molecule has 0 fully saturated rings. The van der Waals surface area contributed by atoms with Gasteiger partial charge in [-0.1, -0.05) is 11.6 Å². The summed E-state index contributed by atoms with van der Waals surface area (Å²) < 4.78 is 0. The zero-order chi connectivity index (χ0) is 12.4. The summed E-state index contributed by atoms with van der Waals surface area (Å²) in [5.41, 5.74) is 0.533. The van der Waals surface area contributed by atoms with Crippen LogP contribution in [0.5, 0.6) is 0 Å². The fraction of sp³-hybridized carbons (Fsp3) is 0.333. The van der Waals surface area contributed by atoms with Gasteiger partial charge in [0.05, 0.1) is 17.4 Å². The molecule has 0 bridgehead atoms. The summed E-state index contributed by atoms with van der Waals surface area (Å²) in [5, 5.41) is 3.27. The topological polar surface area (TPSA) is 62.4 Å². The van der Waals surface area contributed by atoms with Crippen molar-refractivity contribution in [2.24, 2.45) is 0 Å². The number of halogens is 1. The quantitative estimate of drug-likeness (QED) is 0.863. The summed E-state index contributed by atoms with van der Waals surface area (Å²) in [7, 11) is 0. The highest BCUT2D eigenvalue weighted by molar-refractivity contribution is 6.31. The molecule has 2 aromatic rings. The summed E-state index contributed by atoms with van der Waals surface area (Å²) in [6, 6.07) is 5.24. The lowest BCUT2D eigenvalue weighted by Gasteiger charge is -2.09. The molecule has 0 aliphatic rings. The second kappa shape index (κ2) is 4.85. The van der Waals surface area contributed by atoms with Crippen LogP contribution in [0.25, 0.3) is 10.9 Å². The summed E-state index contributed by atoms with van der Waals surface area (Å²) in [5.74, 6) is 0.687. The van der Waals surface area contributed by atoms with Crippen molar-refractivity contribution in [2.75, 3.05) is 6.54 Å². The van der Waals surface area contributed by atoms with Gasteiger partial charge in [0.2, 0.25) is 0 Å². The van der Waals surface area contributed by atoms with Crippen molar-refractivity contribution in [3.63, 3.8) is 0 Å². The van der Waals surface area contributed by atoms with Crippen molar-refractivity contribution < 1.29 is 5.32 Å². The Morgan fingerprint density at radius 1 is 1.53 bits per heavy atom. The van der Waals surface area contributed by atoms with Gasteiger partial charge in [-0.15, -0.1) is 0 Å². The van der Waals surface area contributed by atoms with Crippen LogP contribution in [-0.4, -0.2) is 16.5 Å². The molecule has 0 aliphatic heterocycles. The Bertz CT molecular complexity index is 594. The van der Waals surface area contributed by atoms with Crippen molar-refractivity contribution in [3.05, 3.63) is 39.4 Å². The molecule has 90 valence electrons. The van der Waals surface area contributed by atoms with Crippen LogP contribution in [0.3, 0.4) is 0 Å². The third kappa shape index (κ3) is 2.48. The average molecular weight is 253 g/mol. The summed E-state index contributed by atoms with van der Waals surface area (Å²) in [4.78, 5) is 19.1. The Hall–Kier alpha value is -1.39. The first-order chi connectivity index (χ1) is 8.11. The highest BCUT2D eigenvalue weighted by Crippen LogP contribution is 2.15. The van der Waals surface area contributed by atoms with E-state index in [-0.39, 0.29) is 11.6 Å². The van der Waals surface area contributed by atoms with E-state index in [1.165, 1.54) is 0 Å². The number of rotatable bonds is 3. The van der Waals surface area contributed by atoms with Gasteiger partial charge in [-0.05, 0) is 32.0 Å². The molecule has 2 rings (SSSR count). The number of benzene rings is 1. The lowest BCUT2D eigenvalue weighted by molar-refractivity contribution is -0.691. The van der Waals surface area contributed by atoms with Gasteiger partial charge < -0.3 is 10.3 Å². The van der Waals surface area contributed by atoms with Crippen molar-refractivity contribution in [1.82, 2.24) is 9.97 Å². The van der Waals surface area contributed by atoms with Crippen LogP contribution >= 0.6 is 11.6 Å². The molecule has 1 heterocycles. The van der Waals surface area contributed by atoms with Crippen LogP contribution in [0.4, 0.5) is 0 Å². The maximum absolute atomic E-state index is 11.9. The molecule has 5 heteroatoms. The third-order valence-electron chi connectivity index (χ3n) is 2.71. The first-order valence-electron chi connectivity index (χ1n) is 5.64. The molecule has 0 saturated heterocycles. The largest absolute Gasteiger partial charge is 0.338 e. The number of aromatic nitrogens is 2. The van der Waals surface area contributed by atoms with Crippen LogP contribution in [0, 0.1) is 0 Å². The Labute approximate surface area is 104 Å². The van der Waals surface area contributed by atoms with E-state index in [1.807, 2.05) is 6.92 Å². The molecular formula is C12H15ClN3O+.